The molecule has 0 radical (unpaired) electrons. The molecule has 1 aromatic rings. The Balaban J connectivity index is 2.16. The normalized spacial score (nSPS) is 21.7. The molecule has 1 saturated heterocycles. The van der Waals surface area contributed by atoms with Crippen molar-refractivity contribution in [1.29, 1.82) is 0 Å². The topological polar surface area (TPSA) is 20.3 Å². The average molecular weight is 161 g/mol. The molecule has 0 aromatic heterocycles. The van der Waals surface area contributed by atoms with Crippen LogP contribution in [0.2, 0.25) is 0 Å². The molecule has 1 fully saturated rings. The van der Waals surface area contributed by atoms with Gasteiger partial charge in [0.05, 0.1) is 6.04 Å². The highest BCUT2D eigenvalue weighted by atomic mass is 16.1. The predicted molar refractivity (Wildman–Crippen MR) is 46.6 cm³/mol. The lowest BCUT2D eigenvalue weighted by Crippen LogP contribution is -2.39. The number of benzene rings is 1. The SMILES string of the molecule is O=CN1CCC1c1ccccc1. The molecule has 1 aliphatic heterocycles. The monoisotopic (exact) mass is 161 g/mol. The second-order valence-electron chi connectivity index (χ2n) is 3.06. The first-order valence-corrected chi connectivity index (χ1v) is 4.18. The van der Waals surface area contributed by atoms with E-state index in [9.17, 15) is 4.79 Å². The van der Waals surface area contributed by atoms with Crippen molar-refractivity contribution < 1.29 is 4.79 Å². The summed E-state index contributed by atoms with van der Waals surface area (Å²) in [5, 5.41) is 0. The van der Waals surface area contributed by atoms with Crippen molar-refractivity contribution in [2.45, 2.75) is 12.5 Å². The molecule has 0 bridgehead atoms. The molecule has 0 aliphatic carbocycles. The summed E-state index contributed by atoms with van der Waals surface area (Å²) < 4.78 is 0. The molecule has 1 heterocycles. The molecular weight excluding hydrogens is 150 g/mol. The Labute approximate surface area is 71.8 Å². The highest BCUT2D eigenvalue weighted by molar-refractivity contribution is 5.50. The summed E-state index contributed by atoms with van der Waals surface area (Å²) in [7, 11) is 0. The van der Waals surface area contributed by atoms with Crippen LogP contribution in [-0.2, 0) is 4.79 Å². The first-order valence-electron chi connectivity index (χ1n) is 4.18. The fourth-order valence-electron chi connectivity index (χ4n) is 1.57. The second-order valence-corrected chi connectivity index (χ2v) is 3.06. The molecule has 1 aromatic carbocycles. The van der Waals surface area contributed by atoms with Gasteiger partial charge in [-0.2, -0.15) is 0 Å². The van der Waals surface area contributed by atoms with Gasteiger partial charge >= 0.3 is 0 Å². The summed E-state index contributed by atoms with van der Waals surface area (Å²) in [6.45, 7) is 0.906. The van der Waals surface area contributed by atoms with Crippen molar-refractivity contribution in [1.82, 2.24) is 4.90 Å². The maximum Gasteiger partial charge on any atom is 0.210 e. The van der Waals surface area contributed by atoms with Gasteiger partial charge in [-0.05, 0) is 12.0 Å². The van der Waals surface area contributed by atoms with E-state index in [0.717, 1.165) is 19.4 Å². The first kappa shape index (κ1) is 7.35. The molecule has 2 heteroatoms. The third kappa shape index (κ3) is 1.09. The van der Waals surface area contributed by atoms with E-state index < -0.39 is 0 Å². The standard InChI is InChI=1S/C10H11NO/c12-8-11-7-6-10(11)9-4-2-1-3-5-9/h1-5,8,10H,6-7H2. The number of amides is 1. The number of carbonyl (C=O) groups is 1. The Morgan fingerprint density at radius 1 is 1.33 bits per heavy atom. The third-order valence-electron chi connectivity index (χ3n) is 2.38. The smallest absolute Gasteiger partial charge is 0.210 e. The number of carbonyl (C=O) groups excluding carboxylic acids is 1. The molecule has 1 aliphatic rings. The Bertz CT molecular complexity index is 270. The van der Waals surface area contributed by atoms with Crippen LogP contribution in [0.25, 0.3) is 0 Å². The molecule has 0 saturated carbocycles. The minimum atomic E-state index is 0.337. The third-order valence-corrected chi connectivity index (χ3v) is 2.38. The predicted octanol–water partition coefficient (Wildman–Crippen LogP) is 1.59. The number of hydrogen-bond donors (Lipinski definition) is 0. The van der Waals surface area contributed by atoms with Crippen LogP contribution < -0.4 is 0 Å². The van der Waals surface area contributed by atoms with Crippen molar-refractivity contribution >= 4 is 6.41 Å². The van der Waals surface area contributed by atoms with Crippen molar-refractivity contribution in [2.75, 3.05) is 6.54 Å². The number of likely N-dealkylation sites (tertiary alicyclic amines) is 1. The summed E-state index contributed by atoms with van der Waals surface area (Å²) >= 11 is 0. The van der Waals surface area contributed by atoms with E-state index in [-0.39, 0.29) is 0 Å². The van der Waals surface area contributed by atoms with E-state index >= 15 is 0 Å². The van der Waals surface area contributed by atoms with E-state index in [1.54, 1.807) is 0 Å². The zero-order chi connectivity index (χ0) is 8.39. The highest BCUT2D eigenvalue weighted by Crippen LogP contribution is 2.30. The van der Waals surface area contributed by atoms with Gasteiger partial charge in [-0.25, -0.2) is 0 Å². The number of nitrogens with zero attached hydrogens (tertiary/aromatic N) is 1. The highest BCUT2D eigenvalue weighted by Gasteiger charge is 2.27. The van der Waals surface area contributed by atoms with Gasteiger partial charge in [0.25, 0.3) is 0 Å². The Morgan fingerprint density at radius 2 is 2.08 bits per heavy atom. The van der Waals surface area contributed by atoms with Crippen molar-refractivity contribution in [3.8, 4) is 0 Å². The Morgan fingerprint density at radius 3 is 2.58 bits per heavy atom. The van der Waals surface area contributed by atoms with Gasteiger partial charge in [-0.1, -0.05) is 30.3 Å². The number of rotatable bonds is 2. The molecule has 2 nitrogen and oxygen atoms in total. The zero-order valence-corrected chi connectivity index (χ0v) is 6.81. The molecule has 12 heavy (non-hydrogen) atoms. The summed E-state index contributed by atoms with van der Waals surface area (Å²) in [4.78, 5) is 12.3. The minimum Gasteiger partial charge on any atom is -0.338 e. The molecule has 0 N–H and O–H groups in total. The summed E-state index contributed by atoms with van der Waals surface area (Å²) in [6.07, 6.45) is 2.03. The molecule has 1 atom stereocenters. The van der Waals surface area contributed by atoms with Crippen LogP contribution in [-0.4, -0.2) is 17.9 Å². The largest absolute Gasteiger partial charge is 0.338 e. The lowest BCUT2D eigenvalue weighted by atomic mass is 9.96. The van der Waals surface area contributed by atoms with Crippen molar-refractivity contribution in [3.63, 3.8) is 0 Å². The van der Waals surface area contributed by atoms with Gasteiger partial charge < -0.3 is 4.90 Å². The van der Waals surface area contributed by atoms with Gasteiger partial charge in [0.1, 0.15) is 0 Å². The van der Waals surface area contributed by atoms with Gasteiger partial charge in [-0.3, -0.25) is 4.79 Å². The molecule has 2 rings (SSSR count). The van der Waals surface area contributed by atoms with E-state index in [4.69, 9.17) is 0 Å². The molecule has 0 spiro atoms. The summed E-state index contributed by atoms with van der Waals surface area (Å²) in [5.74, 6) is 0. The lowest BCUT2D eigenvalue weighted by molar-refractivity contribution is -0.125. The molecule has 1 unspecified atom stereocenters. The Hall–Kier alpha value is -1.31. The van der Waals surface area contributed by atoms with E-state index in [0.29, 0.717) is 6.04 Å². The fourth-order valence-corrected chi connectivity index (χ4v) is 1.57. The fraction of sp³-hybridized carbons (Fsp3) is 0.300. The van der Waals surface area contributed by atoms with Crippen LogP contribution in [0.1, 0.15) is 18.0 Å². The van der Waals surface area contributed by atoms with Crippen LogP contribution >= 0.6 is 0 Å². The second kappa shape index (κ2) is 2.97. The van der Waals surface area contributed by atoms with E-state index in [2.05, 4.69) is 12.1 Å². The van der Waals surface area contributed by atoms with Crippen LogP contribution in [0.5, 0.6) is 0 Å². The van der Waals surface area contributed by atoms with Crippen LogP contribution in [0, 0.1) is 0 Å². The van der Waals surface area contributed by atoms with Crippen molar-refractivity contribution in [2.24, 2.45) is 0 Å². The molecule has 1 amide bonds. The lowest BCUT2D eigenvalue weighted by Gasteiger charge is -2.38. The van der Waals surface area contributed by atoms with Gasteiger partial charge in [0.15, 0.2) is 0 Å². The maximum atomic E-state index is 10.5. The summed E-state index contributed by atoms with van der Waals surface area (Å²) in [5.41, 5.74) is 1.25. The molecular formula is C10H11NO. The maximum absolute atomic E-state index is 10.5. The quantitative estimate of drug-likeness (QED) is 0.603. The number of hydrogen-bond acceptors (Lipinski definition) is 1. The van der Waals surface area contributed by atoms with E-state index in [1.807, 2.05) is 23.1 Å². The van der Waals surface area contributed by atoms with Gasteiger partial charge in [0.2, 0.25) is 6.41 Å². The van der Waals surface area contributed by atoms with Crippen molar-refractivity contribution in [3.05, 3.63) is 35.9 Å². The minimum absolute atomic E-state index is 0.337. The van der Waals surface area contributed by atoms with Crippen LogP contribution in [0.3, 0.4) is 0 Å². The van der Waals surface area contributed by atoms with Crippen LogP contribution in [0.4, 0.5) is 0 Å². The Kier molecular flexibility index (Phi) is 1.82. The van der Waals surface area contributed by atoms with Gasteiger partial charge in [-0.15, -0.1) is 0 Å². The zero-order valence-electron chi connectivity index (χ0n) is 6.81. The molecule has 62 valence electrons. The van der Waals surface area contributed by atoms with E-state index in [1.165, 1.54) is 5.56 Å². The summed E-state index contributed by atoms with van der Waals surface area (Å²) in [6, 6.07) is 10.5. The van der Waals surface area contributed by atoms with Gasteiger partial charge in [0, 0.05) is 6.54 Å². The average Bonchev–Trinajstić information content (AvgIpc) is 2.05. The first-order chi connectivity index (χ1) is 5.92. The van der Waals surface area contributed by atoms with Crippen LogP contribution in [0.15, 0.2) is 30.3 Å².